The standard InChI is InChI=1S/C7H11NO2/c1-3-7-5(2)6(4-9)8-10-7/h9H,3-4H2,1-2H3. The molecule has 0 amide bonds. The Hall–Kier alpha value is -0.830. The Bertz CT molecular complexity index is 196. The average Bonchev–Trinajstić information content (AvgIpc) is 2.30. The van der Waals surface area contributed by atoms with Crippen molar-refractivity contribution in [2.75, 3.05) is 0 Å². The summed E-state index contributed by atoms with van der Waals surface area (Å²) in [4.78, 5) is 0. The van der Waals surface area contributed by atoms with Crippen molar-refractivity contribution in [3.63, 3.8) is 0 Å². The molecule has 10 heavy (non-hydrogen) atoms. The van der Waals surface area contributed by atoms with E-state index in [2.05, 4.69) is 5.16 Å². The van der Waals surface area contributed by atoms with Gasteiger partial charge in [0.1, 0.15) is 11.5 Å². The molecule has 0 bridgehead atoms. The van der Waals surface area contributed by atoms with Crippen LogP contribution < -0.4 is 0 Å². The Balaban J connectivity index is 2.97. The van der Waals surface area contributed by atoms with Crippen LogP contribution in [0.15, 0.2) is 4.52 Å². The van der Waals surface area contributed by atoms with Crippen LogP contribution in [0.25, 0.3) is 0 Å². The lowest BCUT2D eigenvalue weighted by Gasteiger charge is -1.88. The summed E-state index contributed by atoms with van der Waals surface area (Å²) >= 11 is 0. The van der Waals surface area contributed by atoms with E-state index in [9.17, 15) is 0 Å². The lowest BCUT2D eigenvalue weighted by atomic mass is 10.2. The molecule has 56 valence electrons. The molecule has 0 spiro atoms. The summed E-state index contributed by atoms with van der Waals surface area (Å²) < 4.78 is 4.93. The quantitative estimate of drug-likeness (QED) is 0.669. The fourth-order valence-corrected chi connectivity index (χ4v) is 0.885. The van der Waals surface area contributed by atoms with Crippen LogP contribution in [0.1, 0.15) is 23.9 Å². The molecule has 0 atom stereocenters. The van der Waals surface area contributed by atoms with Gasteiger partial charge in [0.15, 0.2) is 0 Å². The molecule has 0 saturated heterocycles. The van der Waals surface area contributed by atoms with E-state index < -0.39 is 0 Å². The Morgan fingerprint density at radius 1 is 1.60 bits per heavy atom. The van der Waals surface area contributed by atoms with Crippen LogP contribution >= 0.6 is 0 Å². The molecule has 0 fully saturated rings. The Morgan fingerprint density at radius 3 is 2.60 bits per heavy atom. The van der Waals surface area contributed by atoms with Gasteiger partial charge in [-0.05, 0) is 6.92 Å². The van der Waals surface area contributed by atoms with Gasteiger partial charge < -0.3 is 9.63 Å². The number of aliphatic hydroxyl groups is 1. The van der Waals surface area contributed by atoms with Crippen LogP contribution in [0.3, 0.4) is 0 Å². The fraction of sp³-hybridized carbons (Fsp3) is 0.571. The molecular formula is C7H11NO2. The highest BCUT2D eigenvalue weighted by Gasteiger charge is 2.07. The number of hydrogen-bond donors (Lipinski definition) is 1. The lowest BCUT2D eigenvalue weighted by Crippen LogP contribution is -1.86. The number of hydrogen-bond acceptors (Lipinski definition) is 3. The molecule has 1 N–H and O–H groups in total. The summed E-state index contributed by atoms with van der Waals surface area (Å²) in [6.45, 7) is 3.87. The van der Waals surface area contributed by atoms with Gasteiger partial charge in [-0.3, -0.25) is 0 Å². The zero-order valence-electron chi connectivity index (χ0n) is 6.22. The normalized spacial score (nSPS) is 10.3. The van der Waals surface area contributed by atoms with E-state index in [1.54, 1.807) is 0 Å². The monoisotopic (exact) mass is 141 g/mol. The number of aliphatic hydroxyl groups excluding tert-OH is 1. The minimum atomic E-state index is -0.0324. The maximum Gasteiger partial charge on any atom is 0.139 e. The Kier molecular flexibility index (Phi) is 2.06. The molecule has 0 unspecified atom stereocenters. The summed E-state index contributed by atoms with van der Waals surface area (Å²) in [6, 6.07) is 0. The van der Waals surface area contributed by atoms with E-state index in [1.807, 2.05) is 13.8 Å². The molecule has 3 nitrogen and oxygen atoms in total. The van der Waals surface area contributed by atoms with E-state index in [0.29, 0.717) is 5.69 Å². The lowest BCUT2D eigenvalue weighted by molar-refractivity contribution is 0.265. The van der Waals surface area contributed by atoms with Gasteiger partial charge in [0.25, 0.3) is 0 Å². The van der Waals surface area contributed by atoms with Crippen LogP contribution in [0.4, 0.5) is 0 Å². The van der Waals surface area contributed by atoms with Crippen molar-refractivity contribution in [3.8, 4) is 0 Å². The summed E-state index contributed by atoms with van der Waals surface area (Å²) in [5.74, 6) is 0.865. The van der Waals surface area contributed by atoms with Crippen molar-refractivity contribution >= 4 is 0 Å². The van der Waals surface area contributed by atoms with E-state index in [4.69, 9.17) is 9.63 Å². The minimum absolute atomic E-state index is 0.0324. The Morgan fingerprint density at radius 2 is 2.30 bits per heavy atom. The topological polar surface area (TPSA) is 46.3 Å². The second-order valence-electron chi connectivity index (χ2n) is 2.19. The third-order valence-corrected chi connectivity index (χ3v) is 1.59. The molecule has 1 heterocycles. The van der Waals surface area contributed by atoms with E-state index in [0.717, 1.165) is 17.7 Å². The average molecular weight is 141 g/mol. The van der Waals surface area contributed by atoms with Gasteiger partial charge in [-0.25, -0.2) is 0 Å². The SMILES string of the molecule is CCc1onc(CO)c1C. The maximum atomic E-state index is 8.70. The highest BCUT2D eigenvalue weighted by atomic mass is 16.5. The number of aryl methyl sites for hydroxylation is 1. The highest BCUT2D eigenvalue weighted by Crippen LogP contribution is 2.12. The van der Waals surface area contributed by atoms with Crippen molar-refractivity contribution in [1.82, 2.24) is 5.16 Å². The molecule has 3 heteroatoms. The molecule has 0 aromatic carbocycles. The van der Waals surface area contributed by atoms with E-state index >= 15 is 0 Å². The Labute approximate surface area is 59.7 Å². The van der Waals surface area contributed by atoms with E-state index in [-0.39, 0.29) is 6.61 Å². The van der Waals surface area contributed by atoms with Gasteiger partial charge in [0, 0.05) is 12.0 Å². The second kappa shape index (κ2) is 2.84. The highest BCUT2D eigenvalue weighted by molar-refractivity contribution is 5.19. The van der Waals surface area contributed by atoms with Crippen molar-refractivity contribution in [2.45, 2.75) is 26.9 Å². The predicted molar refractivity (Wildman–Crippen MR) is 36.5 cm³/mol. The van der Waals surface area contributed by atoms with Crippen LogP contribution in [-0.2, 0) is 13.0 Å². The maximum absolute atomic E-state index is 8.70. The fourth-order valence-electron chi connectivity index (χ4n) is 0.885. The van der Waals surface area contributed by atoms with Crippen molar-refractivity contribution in [3.05, 3.63) is 17.0 Å². The summed E-state index contributed by atoms with van der Waals surface area (Å²) in [5, 5.41) is 12.4. The third-order valence-electron chi connectivity index (χ3n) is 1.59. The first-order valence-corrected chi connectivity index (χ1v) is 3.34. The first kappa shape index (κ1) is 7.28. The van der Waals surface area contributed by atoms with Crippen molar-refractivity contribution < 1.29 is 9.63 Å². The van der Waals surface area contributed by atoms with Crippen LogP contribution in [-0.4, -0.2) is 10.3 Å². The molecule has 0 saturated carbocycles. The van der Waals surface area contributed by atoms with Gasteiger partial charge in [0.05, 0.1) is 6.61 Å². The second-order valence-corrected chi connectivity index (χ2v) is 2.19. The van der Waals surface area contributed by atoms with Crippen LogP contribution in [0.2, 0.25) is 0 Å². The minimum Gasteiger partial charge on any atom is -0.390 e. The summed E-state index contributed by atoms with van der Waals surface area (Å²) in [7, 11) is 0. The molecule has 1 rings (SSSR count). The van der Waals surface area contributed by atoms with Crippen molar-refractivity contribution in [1.29, 1.82) is 0 Å². The molecule has 0 aliphatic heterocycles. The van der Waals surface area contributed by atoms with Gasteiger partial charge in [-0.1, -0.05) is 12.1 Å². The van der Waals surface area contributed by atoms with Crippen LogP contribution in [0.5, 0.6) is 0 Å². The molecule has 0 aliphatic carbocycles. The first-order chi connectivity index (χ1) is 4.79. The number of rotatable bonds is 2. The molecular weight excluding hydrogens is 130 g/mol. The molecule has 1 aromatic heterocycles. The third kappa shape index (κ3) is 1.04. The van der Waals surface area contributed by atoms with Crippen LogP contribution in [0, 0.1) is 6.92 Å². The number of nitrogens with zero attached hydrogens (tertiary/aromatic N) is 1. The smallest absolute Gasteiger partial charge is 0.139 e. The predicted octanol–water partition coefficient (Wildman–Crippen LogP) is 1.04. The summed E-state index contributed by atoms with van der Waals surface area (Å²) in [5.41, 5.74) is 1.63. The zero-order chi connectivity index (χ0) is 7.56. The first-order valence-electron chi connectivity index (χ1n) is 3.34. The molecule has 0 radical (unpaired) electrons. The van der Waals surface area contributed by atoms with Gasteiger partial charge >= 0.3 is 0 Å². The molecule has 1 aromatic rings. The molecule has 0 aliphatic rings. The largest absolute Gasteiger partial charge is 0.390 e. The van der Waals surface area contributed by atoms with Crippen molar-refractivity contribution in [2.24, 2.45) is 0 Å². The number of aromatic nitrogens is 1. The van der Waals surface area contributed by atoms with Gasteiger partial charge in [-0.15, -0.1) is 0 Å². The van der Waals surface area contributed by atoms with Gasteiger partial charge in [0.2, 0.25) is 0 Å². The summed E-state index contributed by atoms with van der Waals surface area (Å²) in [6.07, 6.45) is 0.832. The van der Waals surface area contributed by atoms with Gasteiger partial charge in [-0.2, -0.15) is 0 Å². The van der Waals surface area contributed by atoms with E-state index in [1.165, 1.54) is 0 Å². The zero-order valence-corrected chi connectivity index (χ0v) is 6.22.